The summed E-state index contributed by atoms with van der Waals surface area (Å²) in [4.78, 5) is 0. The molecule has 0 spiro atoms. The summed E-state index contributed by atoms with van der Waals surface area (Å²) in [5.41, 5.74) is 8.04. The second-order valence-corrected chi connectivity index (χ2v) is 8.68. The molecule has 0 N–H and O–H groups in total. The van der Waals surface area contributed by atoms with Gasteiger partial charge in [0, 0.05) is 0 Å². The van der Waals surface area contributed by atoms with Crippen molar-refractivity contribution in [3.63, 3.8) is 0 Å². The molecule has 2 aromatic rings. The molecular formula is C26H30. The van der Waals surface area contributed by atoms with Crippen molar-refractivity contribution in [2.75, 3.05) is 0 Å². The molecule has 0 heterocycles. The lowest BCUT2D eigenvalue weighted by molar-refractivity contribution is 0.338. The third-order valence-corrected chi connectivity index (χ3v) is 5.58. The van der Waals surface area contributed by atoms with Crippen LogP contribution in [-0.2, 0) is 0 Å². The minimum Gasteiger partial charge on any atom is -0.0911 e. The van der Waals surface area contributed by atoms with Gasteiger partial charge in [0.25, 0.3) is 0 Å². The standard InChI is InChI=1S/C26H30/c1-7-23-24(26(5,6)18-25(23,3)4)16-19(2)21-14-11-15-22(17-21)20-12-9-8-10-13-20/h7-17H,2,18H2,1,3-6H3/b23-7+,24-16+. The molecule has 1 aliphatic carbocycles. The molecule has 2 aromatic carbocycles. The van der Waals surface area contributed by atoms with Crippen molar-refractivity contribution in [3.8, 4) is 11.1 Å². The summed E-state index contributed by atoms with van der Waals surface area (Å²) in [6.07, 6.45) is 5.77. The van der Waals surface area contributed by atoms with Gasteiger partial charge in [-0.3, -0.25) is 0 Å². The van der Waals surface area contributed by atoms with E-state index in [4.69, 9.17) is 0 Å². The van der Waals surface area contributed by atoms with E-state index < -0.39 is 0 Å². The van der Waals surface area contributed by atoms with Gasteiger partial charge in [-0.2, -0.15) is 0 Å². The fourth-order valence-electron chi connectivity index (χ4n) is 4.63. The van der Waals surface area contributed by atoms with Gasteiger partial charge in [0.2, 0.25) is 0 Å². The summed E-state index contributed by atoms with van der Waals surface area (Å²) in [5.74, 6) is 0. The van der Waals surface area contributed by atoms with Gasteiger partial charge in [-0.1, -0.05) is 95.0 Å². The molecule has 0 radical (unpaired) electrons. The molecule has 0 heteroatoms. The molecule has 134 valence electrons. The van der Waals surface area contributed by atoms with Crippen LogP contribution < -0.4 is 0 Å². The fraction of sp³-hybridized carbons (Fsp3) is 0.308. The number of benzene rings is 2. The Morgan fingerprint density at radius 2 is 1.46 bits per heavy atom. The van der Waals surface area contributed by atoms with Gasteiger partial charge in [0.05, 0.1) is 0 Å². The number of hydrogen-bond acceptors (Lipinski definition) is 0. The highest BCUT2D eigenvalue weighted by Gasteiger charge is 2.44. The monoisotopic (exact) mass is 342 g/mol. The van der Waals surface area contributed by atoms with E-state index >= 15 is 0 Å². The van der Waals surface area contributed by atoms with Crippen molar-refractivity contribution in [2.45, 2.75) is 41.0 Å². The van der Waals surface area contributed by atoms with E-state index in [0.29, 0.717) is 0 Å². The highest BCUT2D eigenvalue weighted by Crippen LogP contribution is 2.56. The lowest BCUT2D eigenvalue weighted by Crippen LogP contribution is -2.11. The molecule has 0 nitrogen and oxygen atoms in total. The molecule has 26 heavy (non-hydrogen) atoms. The summed E-state index contributed by atoms with van der Waals surface area (Å²) in [6.45, 7) is 16.0. The minimum absolute atomic E-state index is 0.172. The van der Waals surface area contributed by atoms with Crippen LogP contribution in [0.3, 0.4) is 0 Å². The second-order valence-electron chi connectivity index (χ2n) is 8.68. The van der Waals surface area contributed by atoms with Gasteiger partial charge in [0.1, 0.15) is 0 Å². The molecule has 0 atom stereocenters. The van der Waals surface area contributed by atoms with E-state index in [1.807, 2.05) is 0 Å². The zero-order valence-electron chi connectivity index (χ0n) is 16.8. The van der Waals surface area contributed by atoms with Gasteiger partial charge in [-0.25, -0.2) is 0 Å². The molecule has 0 amide bonds. The van der Waals surface area contributed by atoms with E-state index in [0.717, 1.165) is 5.57 Å². The van der Waals surface area contributed by atoms with Crippen molar-refractivity contribution in [1.82, 2.24) is 0 Å². The molecule has 0 aliphatic heterocycles. The molecule has 0 aromatic heterocycles. The Labute approximate surface area is 159 Å². The molecule has 0 saturated heterocycles. The molecule has 3 rings (SSSR count). The quantitative estimate of drug-likeness (QED) is 0.536. The topological polar surface area (TPSA) is 0 Å². The van der Waals surface area contributed by atoms with Crippen LogP contribution in [0.5, 0.6) is 0 Å². The van der Waals surface area contributed by atoms with Crippen molar-refractivity contribution >= 4 is 5.57 Å². The van der Waals surface area contributed by atoms with Crippen LogP contribution in [0, 0.1) is 10.8 Å². The lowest BCUT2D eigenvalue weighted by atomic mass is 9.83. The highest BCUT2D eigenvalue weighted by atomic mass is 14.5. The molecule has 0 bridgehead atoms. The zero-order valence-corrected chi connectivity index (χ0v) is 16.8. The summed E-state index contributed by atoms with van der Waals surface area (Å²) < 4.78 is 0. The molecule has 1 saturated carbocycles. The average Bonchev–Trinajstić information content (AvgIpc) is 2.78. The van der Waals surface area contributed by atoms with Crippen LogP contribution in [0.1, 0.15) is 46.6 Å². The first-order valence-corrected chi connectivity index (χ1v) is 9.49. The van der Waals surface area contributed by atoms with Gasteiger partial charge in [-0.15, -0.1) is 0 Å². The maximum absolute atomic E-state index is 4.40. The maximum atomic E-state index is 4.40. The zero-order chi connectivity index (χ0) is 18.9. The van der Waals surface area contributed by atoms with Crippen molar-refractivity contribution in [2.24, 2.45) is 10.8 Å². The van der Waals surface area contributed by atoms with E-state index in [2.05, 4.69) is 108 Å². The normalized spacial score (nSPS) is 21.3. The van der Waals surface area contributed by atoms with Crippen LogP contribution in [0.2, 0.25) is 0 Å². The largest absolute Gasteiger partial charge is 0.0911 e. The summed E-state index contributed by atoms with van der Waals surface area (Å²) >= 11 is 0. The van der Waals surface area contributed by atoms with Crippen molar-refractivity contribution in [3.05, 3.63) is 90.0 Å². The van der Waals surface area contributed by atoms with Gasteiger partial charge in [-0.05, 0) is 63.7 Å². The Kier molecular flexibility index (Phi) is 4.80. The third kappa shape index (κ3) is 3.46. The van der Waals surface area contributed by atoms with E-state index in [-0.39, 0.29) is 10.8 Å². The van der Waals surface area contributed by atoms with Crippen molar-refractivity contribution in [1.29, 1.82) is 0 Å². The number of rotatable bonds is 3. The van der Waals surface area contributed by atoms with E-state index in [1.54, 1.807) is 0 Å². The Balaban J connectivity index is 1.99. The molecule has 1 fully saturated rings. The number of allylic oxidation sites excluding steroid dienone is 5. The predicted molar refractivity (Wildman–Crippen MR) is 115 cm³/mol. The fourth-order valence-corrected chi connectivity index (χ4v) is 4.63. The first-order chi connectivity index (χ1) is 12.2. The van der Waals surface area contributed by atoms with Gasteiger partial charge in [0.15, 0.2) is 0 Å². The minimum atomic E-state index is 0.172. The van der Waals surface area contributed by atoms with E-state index in [9.17, 15) is 0 Å². The molecule has 1 aliphatic rings. The third-order valence-electron chi connectivity index (χ3n) is 5.58. The first-order valence-electron chi connectivity index (χ1n) is 9.49. The lowest BCUT2D eigenvalue weighted by Gasteiger charge is -2.21. The Bertz CT molecular complexity index is 873. The van der Waals surface area contributed by atoms with Crippen LogP contribution >= 0.6 is 0 Å². The second kappa shape index (κ2) is 6.76. The molecule has 0 unspecified atom stereocenters. The average molecular weight is 343 g/mol. The first kappa shape index (κ1) is 18.5. The van der Waals surface area contributed by atoms with Crippen LogP contribution in [0.25, 0.3) is 16.7 Å². The molecular weight excluding hydrogens is 312 g/mol. The maximum Gasteiger partial charge on any atom is -0.00923 e. The summed E-state index contributed by atoms with van der Waals surface area (Å²) in [7, 11) is 0. The van der Waals surface area contributed by atoms with Crippen LogP contribution in [-0.4, -0.2) is 0 Å². The van der Waals surface area contributed by atoms with Crippen LogP contribution in [0.15, 0.2) is 84.5 Å². The highest BCUT2D eigenvalue weighted by molar-refractivity contribution is 5.78. The SMILES string of the molecule is C=C(/C=C1\C(=C/C)C(C)(C)CC1(C)C)c1cccc(-c2ccccc2)c1. The van der Waals surface area contributed by atoms with E-state index in [1.165, 1.54) is 34.3 Å². The van der Waals surface area contributed by atoms with Gasteiger partial charge < -0.3 is 0 Å². The van der Waals surface area contributed by atoms with Crippen molar-refractivity contribution < 1.29 is 0 Å². The van der Waals surface area contributed by atoms with Crippen LogP contribution in [0.4, 0.5) is 0 Å². The Morgan fingerprint density at radius 1 is 0.846 bits per heavy atom. The predicted octanol–water partition coefficient (Wildman–Crippen LogP) is 7.70. The summed E-state index contributed by atoms with van der Waals surface area (Å²) in [5, 5.41) is 0. The number of hydrogen-bond donors (Lipinski definition) is 0. The summed E-state index contributed by atoms with van der Waals surface area (Å²) in [6, 6.07) is 19.2. The smallest absolute Gasteiger partial charge is 0.00923 e. The van der Waals surface area contributed by atoms with Gasteiger partial charge >= 0.3 is 0 Å². The Morgan fingerprint density at radius 3 is 2.12 bits per heavy atom. The Hall–Kier alpha value is -2.34.